The van der Waals surface area contributed by atoms with Crippen LogP contribution in [0.4, 0.5) is 0 Å². The van der Waals surface area contributed by atoms with Crippen LogP contribution in [0, 0.1) is 0 Å². The molecule has 3 nitrogen and oxygen atoms in total. The van der Waals surface area contributed by atoms with Gasteiger partial charge in [-0.05, 0) is 12.0 Å². The van der Waals surface area contributed by atoms with E-state index in [2.05, 4.69) is 5.32 Å². The molecule has 3 heteroatoms. The molecule has 1 aliphatic heterocycles. The highest BCUT2D eigenvalue weighted by molar-refractivity contribution is 5.77. The number of amides is 1. The van der Waals surface area contributed by atoms with Crippen molar-refractivity contribution < 1.29 is 9.90 Å². The lowest BCUT2D eigenvalue weighted by Crippen LogP contribution is -2.41. The van der Waals surface area contributed by atoms with Gasteiger partial charge in [0, 0.05) is 6.42 Å². The second-order valence-corrected chi connectivity index (χ2v) is 3.56. The fourth-order valence-electron chi connectivity index (χ4n) is 1.75. The molecular formula is C11H13NO2. The number of rotatable bonds is 1. The van der Waals surface area contributed by atoms with Crippen molar-refractivity contribution >= 4 is 5.91 Å². The average Bonchev–Trinajstić information content (AvgIpc) is 2.23. The second kappa shape index (κ2) is 3.80. The maximum atomic E-state index is 11.2. The van der Waals surface area contributed by atoms with E-state index < -0.39 is 6.10 Å². The molecule has 14 heavy (non-hydrogen) atoms. The summed E-state index contributed by atoms with van der Waals surface area (Å²) in [6, 6.07) is 9.32. The molecule has 1 amide bonds. The van der Waals surface area contributed by atoms with Crippen LogP contribution < -0.4 is 5.32 Å². The Balaban J connectivity index is 2.20. The maximum absolute atomic E-state index is 11.2. The van der Waals surface area contributed by atoms with Crippen LogP contribution in [0.5, 0.6) is 0 Å². The zero-order valence-electron chi connectivity index (χ0n) is 7.81. The molecule has 0 spiro atoms. The highest BCUT2D eigenvalue weighted by Crippen LogP contribution is 2.23. The number of carbonyl (C=O) groups excluding carboxylic acids is 1. The van der Waals surface area contributed by atoms with E-state index >= 15 is 0 Å². The van der Waals surface area contributed by atoms with Crippen molar-refractivity contribution in [1.82, 2.24) is 5.32 Å². The van der Waals surface area contributed by atoms with Crippen molar-refractivity contribution in [2.75, 3.05) is 0 Å². The smallest absolute Gasteiger partial charge is 0.220 e. The van der Waals surface area contributed by atoms with E-state index in [1.807, 2.05) is 30.3 Å². The molecule has 1 heterocycles. The van der Waals surface area contributed by atoms with E-state index in [9.17, 15) is 9.90 Å². The van der Waals surface area contributed by atoms with Crippen LogP contribution in [0.1, 0.15) is 24.4 Å². The number of hydrogen-bond acceptors (Lipinski definition) is 2. The first-order valence-electron chi connectivity index (χ1n) is 4.80. The van der Waals surface area contributed by atoms with Crippen molar-refractivity contribution in [3.8, 4) is 0 Å². The lowest BCUT2D eigenvalue weighted by Gasteiger charge is -2.28. The van der Waals surface area contributed by atoms with Gasteiger partial charge in [-0.3, -0.25) is 4.79 Å². The van der Waals surface area contributed by atoms with Gasteiger partial charge < -0.3 is 10.4 Å². The minimum atomic E-state index is -0.463. The van der Waals surface area contributed by atoms with Crippen LogP contribution in [0.15, 0.2) is 30.3 Å². The van der Waals surface area contributed by atoms with E-state index in [1.165, 1.54) is 0 Å². The second-order valence-electron chi connectivity index (χ2n) is 3.56. The third kappa shape index (κ3) is 1.77. The molecule has 0 saturated carbocycles. The highest BCUT2D eigenvalue weighted by atomic mass is 16.3. The summed E-state index contributed by atoms with van der Waals surface area (Å²) in [5.74, 6) is 0.0177. The van der Waals surface area contributed by atoms with Gasteiger partial charge in [-0.1, -0.05) is 30.3 Å². The average molecular weight is 191 g/mol. The predicted molar refractivity (Wildman–Crippen MR) is 52.6 cm³/mol. The van der Waals surface area contributed by atoms with Crippen molar-refractivity contribution in [1.29, 1.82) is 0 Å². The van der Waals surface area contributed by atoms with Gasteiger partial charge in [-0.2, -0.15) is 0 Å². The lowest BCUT2D eigenvalue weighted by molar-refractivity contribution is -0.126. The largest absolute Gasteiger partial charge is 0.391 e. The van der Waals surface area contributed by atoms with E-state index in [0.29, 0.717) is 12.8 Å². The van der Waals surface area contributed by atoms with E-state index in [0.717, 1.165) is 5.56 Å². The fraction of sp³-hybridized carbons (Fsp3) is 0.364. The molecule has 1 aromatic carbocycles. The van der Waals surface area contributed by atoms with Gasteiger partial charge in [-0.25, -0.2) is 0 Å². The molecule has 1 saturated heterocycles. The molecule has 2 N–H and O–H groups in total. The quantitative estimate of drug-likeness (QED) is 0.695. The number of aliphatic hydroxyl groups excluding tert-OH is 1. The highest BCUT2D eigenvalue weighted by Gasteiger charge is 2.27. The fourth-order valence-corrected chi connectivity index (χ4v) is 1.75. The minimum Gasteiger partial charge on any atom is -0.391 e. The molecule has 2 rings (SSSR count). The van der Waals surface area contributed by atoms with Gasteiger partial charge in [0.15, 0.2) is 0 Å². The molecule has 1 aliphatic rings. The summed E-state index contributed by atoms with van der Waals surface area (Å²) in [7, 11) is 0. The number of benzene rings is 1. The van der Waals surface area contributed by atoms with Crippen molar-refractivity contribution in [3.05, 3.63) is 35.9 Å². The molecule has 2 atom stereocenters. The molecule has 1 aromatic rings. The van der Waals surface area contributed by atoms with E-state index in [-0.39, 0.29) is 11.9 Å². The first-order valence-corrected chi connectivity index (χ1v) is 4.80. The van der Waals surface area contributed by atoms with Crippen LogP contribution >= 0.6 is 0 Å². The summed E-state index contributed by atoms with van der Waals surface area (Å²) in [6.07, 6.45) is 0.505. The third-order valence-corrected chi connectivity index (χ3v) is 2.53. The first kappa shape index (κ1) is 9.21. The molecule has 0 aromatic heterocycles. The van der Waals surface area contributed by atoms with Crippen LogP contribution in [0.3, 0.4) is 0 Å². The normalized spacial score (nSPS) is 27.1. The third-order valence-electron chi connectivity index (χ3n) is 2.53. The standard InChI is InChI=1S/C11H13NO2/c13-9-6-7-10(14)12-11(9)8-4-2-1-3-5-8/h1-5,9,11,13H,6-7H2,(H,12,14)/t9-,11+/m1/s1. The van der Waals surface area contributed by atoms with Crippen LogP contribution in [-0.4, -0.2) is 17.1 Å². The van der Waals surface area contributed by atoms with Gasteiger partial charge in [0.05, 0.1) is 12.1 Å². The zero-order valence-corrected chi connectivity index (χ0v) is 7.81. The molecular weight excluding hydrogens is 178 g/mol. The number of nitrogens with one attached hydrogen (secondary N) is 1. The van der Waals surface area contributed by atoms with Crippen molar-refractivity contribution in [2.24, 2.45) is 0 Å². The maximum Gasteiger partial charge on any atom is 0.220 e. The Morgan fingerprint density at radius 3 is 2.71 bits per heavy atom. The lowest BCUT2D eigenvalue weighted by atomic mass is 9.94. The van der Waals surface area contributed by atoms with Gasteiger partial charge in [0.25, 0.3) is 0 Å². The summed E-state index contributed by atoms with van der Waals surface area (Å²) in [4.78, 5) is 11.2. The molecule has 0 radical (unpaired) electrons. The number of carbonyl (C=O) groups is 1. The summed E-state index contributed by atoms with van der Waals surface area (Å²) in [6.45, 7) is 0. The van der Waals surface area contributed by atoms with Crippen LogP contribution in [-0.2, 0) is 4.79 Å². The van der Waals surface area contributed by atoms with Crippen molar-refractivity contribution in [3.63, 3.8) is 0 Å². The number of aliphatic hydroxyl groups is 1. The Morgan fingerprint density at radius 1 is 1.29 bits per heavy atom. The van der Waals surface area contributed by atoms with E-state index in [4.69, 9.17) is 0 Å². The molecule has 74 valence electrons. The Labute approximate surface area is 82.8 Å². The van der Waals surface area contributed by atoms with E-state index in [1.54, 1.807) is 0 Å². The van der Waals surface area contributed by atoms with Crippen molar-refractivity contribution in [2.45, 2.75) is 25.0 Å². The van der Waals surface area contributed by atoms with Gasteiger partial charge in [0.1, 0.15) is 0 Å². The Bertz CT molecular complexity index is 323. The zero-order chi connectivity index (χ0) is 9.97. The Kier molecular flexibility index (Phi) is 2.50. The van der Waals surface area contributed by atoms with Gasteiger partial charge in [0.2, 0.25) is 5.91 Å². The summed E-state index contributed by atoms with van der Waals surface area (Å²) in [5.41, 5.74) is 0.966. The summed E-state index contributed by atoms with van der Waals surface area (Å²) in [5, 5.41) is 12.5. The Morgan fingerprint density at radius 2 is 2.00 bits per heavy atom. The monoisotopic (exact) mass is 191 g/mol. The van der Waals surface area contributed by atoms with Gasteiger partial charge in [-0.15, -0.1) is 0 Å². The summed E-state index contributed by atoms with van der Waals surface area (Å²) < 4.78 is 0. The van der Waals surface area contributed by atoms with Crippen LogP contribution in [0.2, 0.25) is 0 Å². The molecule has 0 unspecified atom stereocenters. The number of hydrogen-bond donors (Lipinski definition) is 2. The minimum absolute atomic E-state index is 0.0177. The number of piperidine rings is 1. The molecule has 0 bridgehead atoms. The van der Waals surface area contributed by atoms with Gasteiger partial charge >= 0.3 is 0 Å². The Hall–Kier alpha value is -1.35. The summed E-state index contributed by atoms with van der Waals surface area (Å²) >= 11 is 0. The first-order chi connectivity index (χ1) is 6.77. The molecule has 1 fully saturated rings. The molecule has 0 aliphatic carbocycles. The topological polar surface area (TPSA) is 49.3 Å². The SMILES string of the molecule is O=C1CC[C@@H](O)[C@H](c2ccccc2)N1. The van der Waals surface area contributed by atoms with Crippen LogP contribution in [0.25, 0.3) is 0 Å². The predicted octanol–water partition coefficient (Wildman–Crippen LogP) is 0.999.